The second-order valence-electron chi connectivity index (χ2n) is 13.2. The molecule has 0 saturated carbocycles. The number of H-pyrrole nitrogens is 2. The third-order valence-corrected chi connectivity index (χ3v) is 10.5. The maximum absolute atomic E-state index is 12.0. The summed E-state index contributed by atoms with van der Waals surface area (Å²) in [6.45, 7) is 11.0. The Kier molecular flexibility index (Phi) is 10.8. The molecule has 1 aliphatic heterocycles. The minimum Gasteiger partial charge on any atom is -0.407 e. The Bertz CT molecular complexity index is 1650. The number of halogens is 4. The molecule has 1 unspecified atom stereocenters. The molecule has 2 aromatic heterocycles. The number of aromatic nitrogens is 2. The molecule has 0 spiro atoms. The summed E-state index contributed by atoms with van der Waals surface area (Å²) in [7, 11) is -1.66. The smallest absolute Gasteiger partial charge is 0.185 e. The van der Waals surface area contributed by atoms with Crippen LogP contribution in [0.3, 0.4) is 0 Å². The van der Waals surface area contributed by atoms with Gasteiger partial charge in [0, 0.05) is 40.5 Å². The van der Waals surface area contributed by atoms with Crippen molar-refractivity contribution in [3.8, 4) is 0 Å². The maximum Gasteiger partial charge on any atom is 0.185 e. The van der Waals surface area contributed by atoms with Crippen LogP contribution < -0.4 is 0 Å². The van der Waals surface area contributed by atoms with Gasteiger partial charge in [0.25, 0.3) is 0 Å². The van der Waals surface area contributed by atoms with Crippen LogP contribution in [-0.2, 0) is 27.6 Å². The molecule has 3 aliphatic rings. The van der Waals surface area contributed by atoms with Crippen LogP contribution in [0.15, 0.2) is 24.3 Å². The van der Waals surface area contributed by atoms with Crippen LogP contribution in [0.25, 0.3) is 21.8 Å². The van der Waals surface area contributed by atoms with E-state index in [4.69, 9.17) is 55.6 Å². The quantitative estimate of drug-likeness (QED) is 0.162. The number of aromatic amines is 2. The fourth-order valence-electron chi connectivity index (χ4n) is 6.65. The van der Waals surface area contributed by atoms with E-state index < -0.39 is 8.32 Å². The van der Waals surface area contributed by atoms with Gasteiger partial charge in [-0.25, -0.2) is 0 Å². The van der Waals surface area contributed by atoms with Crippen molar-refractivity contribution in [2.24, 2.45) is 0 Å². The van der Waals surface area contributed by atoms with Crippen molar-refractivity contribution in [3.63, 3.8) is 0 Å². The van der Waals surface area contributed by atoms with Crippen molar-refractivity contribution >= 4 is 82.3 Å². The highest BCUT2D eigenvalue weighted by Gasteiger charge is 2.38. The highest BCUT2D eigenvalue weighted by Crippen LogP contribution is 2.43. The zero-order valence-corrected chi connectivity index (χ0v) is 30.1. The third kappa shape index (κ3) is 7.71. The molecule has 4 aromatic rings. The van der Waals surface area contributed by atoms with Crippen molar-refractivity contribution in [2.45, 2.75) is 96.4 Å². The molecule has 0 radical (unpaired) electrons. The van der Waals surface area contributed by atoms with Gasteiger partial charge in [0.05, 0.1) is 38.1 Å². The van der Waals surface area contributed by atoms with E-state index in [0.717, 1.165) is 78.4 Å². The topological polar surface area (TPSA) is 67.1 Å². The molecule has 1 atom stereocenters. The number of aryl methyl sites for hydroxylation is 2. The number of carbonyl (C=O) groups is 1. The second kappa shape index (κ2) is 14.1. The third-order valence-electron chi connectivity index (χ3n) is 8.44. The highest BCUT2D eigenvalue weighted by atomic mass is 35.5. The standard InChI is InChI=1S/C17H23Cl2NOSi.C13H11Cl2NO.C4H8O/c1-17(21-22(2,3)4)8-6-5-7-12-13-9-11(18)10-14(19)15(13)20-16(12)17;14-7-5-9-8-3-1-2-4-11(17)13(8)16-12(9)10(15)6-7;1-2-4-5-3-1/h9-10,20H,5-8H2,1-4H3;5-6,16H,1-4H2;1-4H2. The monoisotopic (exact) mass is 694 g/mol. The fraction of sp³-hybridized carbons (Fsp3) is 0.500. The van der Waals surface area contributed by atoms with Gasteiger partial charge in [0.15, 0.2) is 14.1 Å². The normalized spacial score (nSPS) is 20.2. The number of carbonyl (C=O) groups excluding carboxylic acids is 1. The van der Waals surface area contributed by atoms with Gasteiger partial charge in [-0.3, -0.25) is 4.79 Å². The maximum atomic E-state index is 12.0. The lowest BCUT2D eigenvalue weighted by Crippen LogP contribution is -2.39. The number of hydrogen-bond acceptors (Lipinski definition) is 3. The van der Waals surface area contributed by atoms with E-state index in [-0.39, 0.29) is 11.4 Å². The number of nitrogens with one attached hydrogen (secondary N) is 2. The largest absolute Gasteiger partial charge is 0.407 e. The molecular weight excluding hydrogens is 654 g/mol. The molecule has 0 amide bonds. The van der Waals surface area contributed by atoms with Crippen LogP contribution in [0.1, 0.15) is 85.6 Å². The molecule has 1 saturated heterocycles. The number of rotatable bonds is 2. The van der Waals surface area contributed by atoms with Gasteiger partial charge in [-0.15, -0.1) is 0 Å². The van der Waals surface area contributed by atoms with Crippen LogP contribution in [0.4, 0.5) is 0 Å². The first-order valence-corrected chi connectivity index (χ1v) is 20.6. The average Bonchev–Trinajstić information content (AvgIpc) is 3.65. The number of ketones is 1. The molecule has 1 fully saturated rings. The lowest BCUT2D eigenvalue weighted by atomic mass is 9.95. The Morgan fingerprint density at radius 1 is 0.750 bits per heavy atom. The molecule has 7 rings (SSSR count). The van der Waals surface area contributed by atoms with Crippen molar-refractivity contribution in [1.82, 2.24) is 9.97 Å². The van der Waals surface area contributed by atoms with E-state index in [1.165, 1.54) is 36.9 Å². The molecule has 3 heterocycles. The Labute approximate surface area is 281 Å². The van der Waals surface area contributed by atoms with Crippen molar-refractivity contribution in [3.05, 3.63) is 66.9 Å². The predicted octanol–water partition coefficient (Wildman–Crippen LogP) is 11.4. The fourth-order valence-corrected chi connectivity index (χ4v) is 9.28. The number of hydrogen-bond donors (Lipinski definition) is 2. The Morgan fingerprint density at radius 2 is 1.30 bits per heavy atom. The number of benzene rings is 2. The predicted molar refractivity (Wildman–Crippen MR) is 188 cm³/mol. The summed E-state index contributed by atoms with van der Waals surface area (Å²) in [5.41, 5.74) is 5.89. The summed E-state index contributed by atoms with van der Waals surface area (Å²) >= 11 is 24.8. The van der Waals surface area contributed by atoms with E-state index in [2.05, 4.69) is 36.5 Å². The molecule has 2 N–H and O–H groups in total. The first kappa shape index (κ1) is 33.8. The van der Waals surface area contributed by atoms with Gasteiger partial charge in [-0.2, -0.15) is 0 Å². The molecule has 44 heavy (non-hydrogen) atoms. The minimum absolute atomic E-state index is 0.181. The van der Waals surface area contributed by atoms with Crippen molar-refractivity contribution < 1.29 is 14.0 Å². The lowest BCUT2D eigenvalue weighted by molar-refractivity contribution is 0.0641. The summed E-state index contributed by atoms with van der Waals surface area (Å²) in [4.78, 5) is 18.7. The van der Waals surface area contributed by atoms with Crippen LogP contribution in [0.2, 0.25) is 39.7 Å². The van der Waals surface area contributed by atoms with Crippen LogP contribution >= 0.6 is 46.4 Å². The first-order chi connectivity index (χ1) is 20.9. The Balaban J connectivity index is 0.000000154. The van der Waals surface area contributed by atoms with Crippen LogP contribution in [-0.4, -0.2) is 37.3 Å². The van der Waals surface area contributed by atoms with Gasteiger partial charge < -0.3 is 19.1 Å². The zero-order chi connectivity index (χ0) is 31.6. The van der Waals surface area contributed by atoms with Crippen molar-refractivity contribution in [1.29, 1.82) is 0 Å². The van der Waals surface area contributed by atoms with Crippen molar-refractivity contribution in [2.75, 3.05) is 13.2 Å². The first-order valence-electron chi connectivity index (χ1n) is 15.7. The van der Waals surface area contributed by atoms with E-state index >= 15 is 0 Å². The van der Waals surface area contributed by atoms with Gasteiger partial charge in [0.2, 0.25) is 0 Å². The van der Waals surface area contributed by atoms with Gasteiger partial charge >= 0.3 is 0 Å². The Morgan fingerprint density at radius 3 is 1.89 bits per heavy atom. The molecular formula is C34H42Cl4N2O3Si. The number of fused-ring (bicyclic) bond motifs is 6. The SMILES string of the molecule is C1CCOC1.CC1(O[Si](C)(C)C)CCCCc2c1[nH]c1c(Cl)cc(Cl)cc21.O=C1CCCCc2c1[nH]c1c(Cl)cc(Cl)cc21. The molecule has 238 valence electrons. The van der Waals surface area contributed by atoms with Gasteiger partial charge in [0.1, 0.15) is 0 Å². The van der Waals surface area contributed by atoms with Gasteiger partial charge in [-0.1, -0.05) is 46.4 Å². The van der Waals surface area contributed by atoms with Crippen LogP contribution in [0, 0.1) is 0 Å². The number of Topliss-reactive ketones (excluding diaryl/α,β-unsaturated/α-hetero) is 1. The summed E-state index contributed by atoms with van der Waals surface area (Å²) in [5, 5.41) is 4.71. The average molecular weight is 697 g/mol. The van der Waals surface area contributed by atoms with Crippen LogP contribution in [0.5, 0.6) is 0 Å². The minimum atomic E-state index is -1.66. The Hall–Kier alpha value is -1.51. The van der Waals surface area contributed by atoms with E-state index in [1.807, 2.05) is 12.1 Å². The zero-order valence-electron chi connectivity index (χ0n) is 26.0. The van der Waals surface area contributed by atoms with E-state index in [9.17, 15) is 4.79 Å². The summed E-state index contributed by atoms with van der Waals surface area (Å²) < 4.78 is 11.5. The molecule has 5 nitrogen and oxygen atoms in total. The number of ether oxygens (including phenoxy) is 1. The summed E-state index contributed by atoms with van der Waals surface area (Å²) in [6, 6.07) is 7.42. The highest BCUT2D eigenvalue weighted by molar-refractivity contribution is 6.69. The van der Waals surface area contributed by atoms with Gasteiger partial charge in [-0.05, 0) is 120 Å². The lowest BCUT2D eigenvalue weighted by Gasteiger charge is -2.35. The van der Waals surface area contributed by atoms with E-state index in [0.29, 0.717) is 26.5 Å². The molecule has 10 heteroatoms. The van der Waals surface area contributed by atoms with E-state index in [1.54, 1.807) is 12.1 Å². The summed E-state index contributed by atoms with van der Waals surface area (Å²) in [6.07, 6.45) is 10.5. The molecule has 2 aromatic carbocycles. The molecule has 2 aliphatic carbocycles. The summed E-state index contributed by atoms with van der Waals surface area (Å²) in [5.74, 6) is 0.181. The molecule has 0 bridgehead atoms. The second-order valence-corrected chi connectivity index (χ2v) is 19.3.